The van der Waals surface area contributed by atoms with Crippen LogP contribution >= 0.6 is 15.9 Å². The monoisotopic (exact) mass is 353 g/mol. The molecule has 1 aromatic rings. The number of halogens is 5. The van der Waals surface area contributed by atoms with Crippen molar-refractivity contribution in [3.05, 3.63) is 33.5 Å². The summed E-state index contributed by atoms with van der Waals surface area (Å²) >= 11 is 3.12. The summed E-state index contributed by atoms with van der Waals surface area (Å²) < 4.78 is 51.7. The zero-order valence-corrected chi connectivity index (χ0v) is 12.7. The fraction of sp³-hybridized carbons (Fsp3) is 0.571. The molecular formula is C14H16BrF4N. The lowest BCUT2D eigenvalue weighted by molar-refractivity contribution is -0.185. The lowest BCUT2D eigenvalue weighted by Gasteiger charge is -2.33. The number of hydrogen-bond acceptors (Lipinski definition) is 1. The van der Waals surface area contributed by atoms with E-state index < -0.39 is 12.1 Å². The number of alkyl halides is 3. The summed E-state index contributed by atoms with van der Waals surface area (Å²) in [6.45, 7) is 3.19. The standard InChI is InChI=1S/C14H16BrF4N/c1-9-6-12(15)13(16)7-10(9)8-20-4-2-11(3-5-20)14(17,18)19/h6-7,11H,2-5,8H2,1H3. The zero-order valence-electron chi connectivity index (χ0n) is 11.1. The lowest BCUT2D eigenvalue weighted by Crippen LogP contribution is -2.38. The SMILES string of the molecule is Cc1cc(Br)c(F)cc1CN1CCC(C(F)(F)F)CC1. The van der Waals surface area contributed by atoms with Crippen LogP contribution in [0.4, 0.5) is 17.6 Å². The highest BCUT2D eigenvalue weighted by atomic mass is 79.9. The Kier molecular flexibility index (Phi) is 4.74. The molecule has 0 amide bonds. The van der Waals surface area contributed by atoms with E-state index in [0.717, 1.165) is 11.1 Å². The molecule has 1 fully saturated rings. The molecule has 1 saturated heterocycles. The average molecular weight is 354 g/mol. The van der Waals surface area contributed by atoms with Gasteiger partial charge in [-0.2, -0.15) is 13.2 Å². The van der Waals surface area contributed by atoms with Crippen LogP contribution in [-0.4, -0.2) is 24.2 Å². The Balaban J connectivity index is 1.98. The molecule has 1 aliphatic heterocycles. The van der Waals surface area contributed by atoms with Crippen LogP contribution in [-0.2, 0) is 6.54 Å². The minimum absolute atomic E-state index is 0.127. The van der Waals surface area contributed by atoms with Crippen molar-refractivity contribution in [2.24, 2.45) is 5.92 Å². The number of aryl methyl sites for hydroxylation is 1. The molecule has 1 nitrogen and oxygen atoms in total. The van der Waals surface area contributed by atoms with E-state index in [1.54, 1.807) is 6.07 Å². The van der Waals surface area contributed by atoms with Crippen molar-refractivity contribution in [1.29, 1.82) is 0 Å². The van der Waals surface area contributed by atoms with Crippen molar-refractivity contribution in [2.75, 3.05) is 13.1 Å². The minimum Gasteiger partial charge on any atom is -0.299 e. The maximum absolute atomic E-state index is 13.5. The van der Waals surface area contributed by atoms with Gasteiger partial charge in [0.25, 0.3) is 0 Å². The second-order valence-electron chi connectivity index (χ2n) is 5.28. The van der Waals surface area contributed by atoms with E-state index in [2.05, 4.69) is 15.9 Å². The number of hydrogen-bond donors (Lipinski definition) is 0. The third-order valence-electron chi connectivity index (χ3n) is 3.82. The van der Waals surface area contributed by atoms with Crippen molar-refractivity contribution in [3.63, 3.8) is 0 Å². The second kappa shape index (κ2) is 6.02. The van der Waals surface area contributed by atoms with Crippen LogP contribution in [0.1, 0.15) is 24.0 Å². The molecule has 0 aliphatic carbocycles. The maximum Gasteiger partial charge on any atom is 0.391 e. The van der Waals surface area contributed by atoms with Crippen LogP contribution in [0.25, 0.3) is 0 Å². The minimum atomic E-state index is -4.09. The van der Waals surface area contributed by atoms with E-state index in [1.807, 2.05) is 11.8 Å². The largest absolute Gasteiger partial charge is 0.391 e. The normalized spacial score (nSPS) is 18.5. The summed E-state index contributed by atoms with van der Waals surface area (Å²) in [5, 5.41) is 0. The van der Waals surface area contributed by atoms with Gasteiger partial charge in [-0.3, -0.25) is 4.90 Å². The highest BCUT2D eigenvalue weighted by molar-refractivity contribution is 9.10. The highest BCUT2D eigenvalue weighted by Crippen LogP contribution is 2.34. The van der Waals surface area contributed by atoms with Gasteiger partial charge in [-0.15, -0.1) is 0 Å². The Morgan fingerprint density at radius 3 is 2.40 bits per heavy atom. The maximum atomic E-state index is 13.5. The summed E-state index contributed by atoms with van der Waals surface area (Å²) in [6.07, 6.45) is -3.84. The van der Waals surface area contributed by atoms with Crippen molar-refractivity contribution < 1.29 is 17.6 Å². The van der Waals surface area contributed by atoms with Gasteiger partial charge >= 0.3 is 6.18 Å². The fourth-order valence-corrected chi connectivity index (χ4v) is 2.97. The van der Waals surface area contributed by atoms with Gasteiger partial charge in [0.05, 0.1) is 10.4 Å². The zero-order chi connectivity index (χ0) is 14.9. The Morgan fingerprint density at radius 2 is 1.85 bits per heavy atom. The van der Waals surface area contributed by atoms with E-state index in [4.69, 9.17) is 0 Å². The number of nitrogens with zero attached hydrogens (tertiary/aromatic N) is 1. The van der Waals surface area contributed by atoms with Crippen molar-refractivity contribution in [1.82, 2.24) is 4.90 Å². The molecule has 1 heterocycles. The molecule has 112 valence electrons. The molecule has 0 saturated carbocycles. The molecule has 0 radical (unpaired) electrons. The summed E-state index contributed by atoms with van der Waals surface area (Å²) in [7, 11) is 0. The molecule has 0 spiro atoms. The molecule has 0 atom stereocenters. The predicted molar refractivity (Wildman–Crippen MR) is 72.9 cm³/mol. The summed E-state index contributed by atoms with van der Waals surface area (Å²) in [5.41, 5.74) is 1.77. The Hall–Kier alpha value is -0.620. The van der Waals surface area contributed by atoms with Crippen LogP contribution in [0.15, 0.2) is 16.6 Å². The molecule has 20 heavy (non-hydrogen) atoms. The van der Waals surface area contributed by atoms with E-state index >= 15 is 0 Å². The first kappa shape index (κ1) is 15.8. The van der Waals surface area contributed by atoms with Crippen LogP contribution in [0.3, 0.4) is 0 Å². The summed E-state index contributed by atoms with van der Waals surface area (Å²) in [6, 6.07) is 3.16. The topological polar surface area (TPSA) is 3.24 Å². The Bertz CT molecular complexity index is 479. The van der Waals surface area contributed by atoms with E-state index in [0.29, 0.717) is 24.1 Å². The molecule has 0 N–H and O–H groups in total. The number of piperidine rings is 1. The molecule has 2 rings (SSSR count). The predicted octanol–water partition coefficient (Wildman–Crippen LogP) is 4.67. The van der Waals surface area contributed by atoms with Gasteiger partial charge in [-0.25, -0.2) is 4.39 Å². The van der Waals surface area contributed by atoms with Gasteiger partial charge in [-0.05, 0) is 72.0 Å². The van der Waals surface area contributed by atoms with Crippen molar-refractivity contribution in [2.45, 2.75) is 32.5 Å². The number of benzene rings is 1. The van der Waals surface area contributed by atoms with Crippen LogP contribution in [0.5, 0.6) is 0 Å². The van der Waals surface area contributed by atoms with E-state index in [-0.39, 0.29) is 18.7 Å². The first-order chi connectivity index (χ1) is 9.27. The first-order valence-electron chi connectivity index (χ1n) is 6.51. The average Bonchev–Trinajstić information content (AvgIpc) is 2.35. The van der Waals surface area contributed by atoms with E-state index in [1.165, 1.54) is 6.07 Å². The molecule has 1 aliphatic rings. The number of likely N-dealkylation sites (tertiary alicyclic amines) is 1. The highest BCUT2D eigenvalue weighted by Gasteiger charge is 2.40. The molecule has 6 heteroatoms. The summed E-state index contributed by atoms with van der Waals surface area (Å²) in [4.78, 5) is 1.96. The van der Waals surface area contributed by atoms with Gasteiger partial charge < -0.3 is 0 Å². The van der Waals surface area contributed by atoms with Crippen LogP contribution < -0.4 is 0 Å². The molecule has 0 aromatic heterocycles. The van der Waals surface area contributed by atoms with E-state index in [9.17, 15) is 17.6 Å². The lowest BCUT2D eigenvalue weighted by atomic mass is 9.95. The third-order valence-corrected chi connectivity index (χ3v) is 4.43. The van der Waals surface area contributed by atoms with Gasteiger partial charge in [0.2, 0.25) is 0 Å². The Labute approximate surface area is 124 Å². The third kappa shape index (κ3) is 3.73. The van der Waals surface area contributed by atoms with Gasteiger partial charge in [0, 0.05) is 6.54 Å². The second-order valence-corrected chi connectivity index (χ2v) is 6.14. The quantitative estimate of drug-likeness (QED) is 0.698. The number of rotatable bonds is 2. The molecule has 0 unspecified atom stereocenters. The van der Waals surface area contributed by atoms with Gasteiger partial charge in [-0.1, -0.05) is 0 Å². The molecule has 1 aromatic carbocycles. The van der Waals surface area contributed by atoms with Gasteiger partial charge in [0.1, 0.15) is 5.82 Å². The van der Waals surface area contributed by atoms with Gasteiger partial charge in [0.15, 0.2) is 0 Å². The summed E-state index contributed by atoms with van der Waals surface area (Å²) in [5.74, 6) is -1.53. The van der Waals surface area contributed by atoms with Crippen molar-refractivity contribution in [3.8, 4) is 0 Å². The molecular weight excluding hydrogens is 338 g/mol. The van der Waals surface area contributed by atoms with Crippen LogP contribution in [0.2, 0.25) is 0 Å². The van der Waals surface area contributed by atoms with Crippen molar-refractivity contribution >= 4 is 15.9 Å². The smallest absolute Gasteiger partial charge is 0.299 e. The fourth-order valence-electron chi connectivity index (χ4n) is 2.52. The van der Waals surface area contributed by atoms with Crippen LogP contribution in [0, 0.1) is 18.7 Å². The Morgan fingerprint density at radius 1 is 1.25 bits per heavy atom. The molecule has 0 bridgehead atoms. The first-order valence-corrected chi connectivity index (χ1v) is 7.30.